The molecule has 2 fully saturated rings. The Morgan fingerprint density at radius 1 is 1.00 bits per heavy atom. The average Bonchev–Trinajstić information content (AvgIpc) is 2.39. The zero-order chi connectivity index (χ0) is 13.1. The van der Waals surface area contributed by atoms with Crippen LogP contribution < -0.4 is 0 Å². The fraction of sp³-hybridized carbons (Fsp3) is 0.933. The van der Waals surface area contributed by atoms with Gasteiger partial charge in [-0.05, 0) is 19.9 Å². The molecule has 0 unspecified atom stereocenters. The van der Waals surface area contributed by atoms with Gasteiger partial charge in [-0.1, -0.05) is 21.3 Å². The van der Waals surface area contributed by atoms with Crippen molar-refractivity contribution in [2.75, 3.05) is 46.3 Å². The van der Waals surface area contributed by atoms with Gasteiger partial charge in [0.2, 0.25) is 5.91 Å². The van der Waals surface area contributed by atoms with E-state index in [1.807, 2.05) is 13.8 Å². The highest BCUT2D eigenvalue weighted by atomic mass is 16.2. The molecule has 2 rings (SSSR count). The summed E-state index contributed by atoms with van der Waals surface area (Å²) in [6.07, 6.45) is 2.31. The van der Waals surface area contributed by atoms with Crippen LogP contribution in [0.15, 0.2) is 0 Å². The summed E-state index contributed by atoms with van der Waals surface area (Å²) in [4.78, 5) is 19.0. The van der Waals surface area contributed by atoms with E-state index in [2.05, 4.69) is 21.7 Å². The van der Waals surface area contributed by atoms with Gasteiger partial charge in [-0.25, -0.2) is 0 Å². The molecule has 0 atom stereocenters. The van der Waals surface area contributed by atoms with Gasteiger partial charge in [-0.2, -0.15) is 0 Å². The minimum Gasteiger partial charge on any atom is -0.342 e. The molecule has 0 saturated carbocycles. The Hall–Kier alpha value is -0.610. The second-order valence-electron chi connectivity index (χ2n) is 6.05. The van der Waals surface area contributed by atoms with Crippen LogP contribution in [0.3, 0.4) is 0 Å². The van der Waals surface area contributed by atoms with Gasteiger partial charge in [-0.15, -0.1) is 0 Å². The van der Waals surface area contributed by atoms with Crippen molar-refractivity contribution in [2.24, 2.45) is 5.92 Å². The van der Waals surface area contributed by atoms with Gasteiger partial charge < -0.3 is 9.80 Å². The normalized spacial score (nSPS) is 23.5. The molecule has 19 heavy (non-hydrogen) atoms. The van der Waals surface area contributed by atoms with Gasteiger partial charge in [0.15, 0.2) is 0 Å². The summed E-state index contributed by atoms with van der Waals surface area (Å²) in [7, 11) is 2.20. The van der Waals surface area contributed by atoms with Crippen molar-refractivity contribution in [3.63, 3.8) is 0 Å². The predicted octanol–water partition coefficient (Wildman–Crippen LogP) is 1.52. The van der Waals surface area contributed by atoms with E-state index in [-0.39, 0.29) is 13.3 Å². The minimum atomic E-state index is 0. The van der Waals surface area contributed by atoms with Crippen molar-refractivity contribution in [3.05, 3.63) is 0 Å². The number of hydrogen-bond donors (Lipinski definition) is 0. The largest absolute Gasteiger partial charge is 0.342 e. The molecule has 4 heteroatoms. The molecule has 2 aliphatic heterocycles. The lowest BCUT2D eigenvalue weighted by Gasteiger charge is -2.42. The number of hydrogen-bond acceptors (Lipinski definition) is 3. The SMILES string of the molecule is C.CC(C)C(=O)N1CCC(N2CCN(C)CC2)CC1. The smallest absolute Gasteiger partial charge is 0.225 e. The number of piperazine rings is 1. The highest BCUT2D eigenvalue weighted by Gasteiger charge is 2.28. The fourth-order valence-electron chi connectivity index (χ4n) is 3.00. The van der Waals surface area contributed by atoms with E-state index >= 15 is 0 Å². The van der Waals surface area contributed by atoms with Crippen LogP contribution in [0.4, 0.5) is 0 Å². The molecule has 2 heterocycles. The molecule has 0 aliphatic carbocycles. The van der Waals surface area contributed by atoms with Crippen LogP contribution in [0, 0.1) is 5.92 Å². The Morgan fingerprint density at radius 2 is 1.53 bits per heavy atom. The van der Waals surface area contributed by atoms with Crippen LogP contribution in [0.25, 0.3) is 0 Å². The maximum absolute atomic E-state index is 11.9. The molecular formula is C15H31N3O. The van der Waals surface area contributed by atoms with Gasteiger partial charge in [0.1, 0.15) is 0 Å². The lowest BCUT2D eigenvalue weighted by Crippen LogP contribution is -2.53. The summed E-state index contributed by atoms with van der Waals surface area (Å²) in [6, 6.07) is 0.704. The zero-order valence-corrected chi connectivity index (χ0v) is 12.1. The molecule has 0 N–H and O–H groups in total. The molecule has 1 amide bonds. The molecule has 112 valence electrons. The first-order valence-corrected chi connectivity index (χ1v) is 7.29. The van der Waals surface area contributed by atoms with Gasteiger partial charge in [0, 0.05) is 51.2 Å². The number of piperidine rings is 1. The van der Waals surface area contributed by atoms with Crippen molar-refractivity contribution < 1.29 is 4.79 Å². The molecule has 0 aromatic carbocycles. The lowest BCUT2D eigenvalue weighted by atomic mass is 10.0. The first-order valence-electron chi connectivity index (χ1n) is 7.29. The Kier molecular flexibility index (Phi) is 6.27. The maximum atomic E-state index is 11.9. The van der Waals surface area contributed by atoms with Crippen molar-refractivity contribution in [1.82, 2.24) is 14.7 Å². The van der Waals surface area contributed by atoms with Gasteiger partial charge in [-0.3, -0.25) is 9.69 Å². The average molecular weight is 269 g/mol. The molecule has 0 radical (unpaired) electrons. The molecule has 4 nitrogen and oxygen atoms in total. The Labute approximate surface area is 118 Å². The number of likely N-dealkylation sites (N-methyl/N-ethyl adjacent to an activating group) is 1. The predicted molar refractivity (Wildman–Crippen MR) is 80.2 cm³/mol. The molecule has 0 bridgehead atoms. The summed E-state index contributed by atoms with van der Waals surface area (Å²) < 4.78 is 0. The second-order valence-corrected chi connectivity index (χ2v) is 6.05. The van der Waals surface area contributed by atoms with E-state index < -0.39 is 0 Å². The van der Waals surface area contributed by atoms with Gasteiger partial charge in [0.05, 0.1) is 0 Å². The fourth-order valence-corrected chi connectivity index (χ4v) is 3.00. The molecule has 0 spiro atoms. The summed E-state index contributed by atoms with van der Waals surface area (Å²) in [5, 5.41) is 0. The molecule has 2 aliphatic rings. The molecule has 0 aromatic heterocycles. The summed E-state index contributed by atoms with van der Waals surface area (Å²) in [5.41, 5.74) is 0. The van der Waals surface area contributed by atoms with Crippen molar-refractivity contribution in [1.29, 1.82) is 0 Å². The van der Waals surface area contributed by atoms with Crippen LogP contribution in [-0.2, 0) is 4.79 Å². The van der Waals surface area contributed by atoms with Crippen molar-refractivity contribution in [3.8, 4) is 0 Å². The number of amides is 1. The number of rotatable bonds is 2. The highest BCUT2D eigenvalue weighted by Crippen LogP contribution is 2.19. The highest BCUT2D eigenvalue weighted by molar-refractivity contribution is 5.78. The van der Waals surface area contributed by atoms with E-state index in [0.29, 0.717) is 11.9 Å². The van der Waals surface area contributed by atoms with E-state index in [0.717, 1.165) is 25.9 Å². The first kappa shape index (κ1) is 16.4. The van der Waals surface area contributed by atoms with Crippen LogP contribution in [0.2, 0.25) is 0 Å². The Balaban J connectivity index is 0.00000180. The first-order chi connectivity index (χ1) is 8.58. The third kappa shape index (κ3) is 4.18. The number of nitrogens with zero attached hydrogens (tertiary/aromatic N) is 3. The van der Waals surface area contributed by atoms with Crippen LogP contribution in [-0.4, -0.2) is 73.0 Å². The van der Waals surface area contributed by atoms with E-state index in [9.17, 15) is 4.79 Å². The molecule has 2 saturated heterocycles. The van der Waals surface area contributed by atoms with Gasteiger partial charge >= 0.3 is 0 Å². The summed E-state index contributed by atoms with van der Waals surface area (Å²) in [5.74, 6) is 0.469. The Morgan fingerprint density at radius 3 is 2.00 bits per heavy atom. The third-order valence-electron chi connectivity index (χ3n) is 4.32. The topological polar surface area (TPSA) is 26.8 Å². The second kappa shape index (κ2) is 7.25. The third-order valence-corrected chi connectivity index (χ3v) is 4.32. The monoisotopic (exact) mass is 269 g/mol. The van der Waals surface area contributed by atoms with Gasteiger partial charge in [0.25, 0.3) is 0 Å². The number of carbonyl (C=O) groups is 1. The molecule has 0 aromatic rings. The van der Waals surface area contributed by atoms with Crippen molar-refractivity contribution in [2.45, 2.75) is 40.2 Å². The minimum absolute atomic E-state index is 0. The van der Waals surface area contributed by atoms with E-state index in [4.69, 9.17) is 0 Å². The Bertz CT molecular complexity index is 277. The standard InChI is InChI=1S/C14H27N3O.CH4/c1-12(2)14(18)17-6-4-13(5-7-17)16-10-8-15(3)9-11-16;/h12-13H,4-11H2,1-3H3;1H4. The summed E-state index contributed by atoms with van der Waals surface area (Å²) in [6.45, 7) is 10.7. The van der Waals surface area contributed by atoms with E-state index in [1.165, 1.54) is 26.2 Å². The van der Waals surface area contributed by atoms with Crippen molar-refractivity contribution >= 4 is 5.91 Å². The van der Waals surface area contributed by atoms with Crippen LogP contribution in [0.1, 0.15) is 34.1 Å². The number of carbonyl (C=O) groups excluding carboxylic acids is 1. The maximum Gasteiger partial charge on any atom is 0.225 e. The zero-order valence-electron chi connectivity index (χ0n) is 12.1. The number of likely N-dealkylation sites (tertiary alicyclic amines) is 1. The van der Waals surface area contributed by atoms with Crippen LogP contribution in [0.5, 0.6) is 0 Å². The quantitative estimate of drug-likeness (QED) is 0.760. The summed E-state index contributed by atoms with van der Waals surface area (Å²) >= 11 is 0. The van der Waals surface area contributed by atoms with E-state index in [1.54, 1.807) is 0 Å². The van der Waals surface area contributed by atoms with Crippen LogP contribution >= 0.6 is 0 Å². The molecular weight excluding hydrogens is 238 g/mol. The lowest BCUT2D eigenvalue weighted by molar-refractivity contribution is -0.136.